The van der Waals surface area contributed by atoms with Crippen LogP contribution in [0.15, 0.2) is 42.5 Å². The van der Waals surface area contributed by atoms with Crippen molar-refractivity contribution in [2.75, 3.05) is 26.2 Å². The number of carbonyl (C=O) groups is 1. The highest BCUT2D eigenvalue weighted by Gasteiger charge is 2.25. The van der Waals surface area contributed by atoms with E-state index < -0.39 is 0 Å². The molecule has 0 bridgehead atoms. The van der Waals surface area contributed by atoms with Crippen molar-refractivity contribution < 1.29 is 9.53 Å². The van der Waals surface area contributed by atoms with E-state index in [1.165, 1.54) is 5.56 Å². The Morgan fingerprint density at radius 1 is 1.14 bits per heavy atom. The number of aryl methyl sites for hydroxylation is 1. The molecule has 1 N–H and O–H groups in total. The number of piperidine rings is 1. The van der Waals surface area contributed by atoms with Gasteiger partial charge in [0.25, 0.3) is 0 Å². The predicted octanol–water partition coefficient (Wildman–Crippen LogP) is 4.71. The third-order valence-corrected chi connectivity index (χ3v) is 5.65. The summed E-state index contributed by atoms with van der Waals surface area (Å²) in [5, 5.41) is 4.34. The van der Waals surface area contributed by atoms with E-state index in [1.54, 1.807) is 6.07 Å². The first-order valence-electron chi connectivity index (χ1n) is 9.65. The summed E-state index contributed by atoms with van der Waals surface area (Å²) < 4.78 is 5.66. The number of halogens is 2. The molecule has 4 nitrogen and oxygen atoms in total. The maximum Gasteiger partial charge on any atom is 0.223 e. The molecule has 0 aromatic heterocycles. The lowest BCUT2D eigenvalue weighted by molar-refractivity contribution is -0.126. The molecule has 150 valence electrons. The average Bonchev–Trinajstić information content (AvgIpc) is 2.69. The number of nitrogens with zero attached hydrogens (tertiary/aromatic N) is 1. The largest absolute Gasteiger partial charge is 0.492 e. The Morgan fingerprint density at radius 3 is 2.54 bits per heavy atom. The summed E-state index contributed by atoms with van der Waals surface area (Å²) in [5.41, 5.74) is 2.27. The summed E-state index contributed by atoms with van der Waals surface area (Å²) in [7, 11) is 0. The van der Waals surface area contributed by atoms with E-state index in [0.29, 0.717) is 23.2 Å². The van der Waals surface area contributed by atoms with E-state index in [0.717, 1.165) is 43.8 Å². The molecule has 1 aliphatic heterocycles. The number of amides is 1. The Morgan fingerprint density at radius 2 is 1.86 bits per heavy atom. The molecule has 0 unspecified atom stereocenters. The molecule has 0 saturated carbocycles. The van der Waals surface area contributed by atoms with Crippen molar-refractivity contribution in [3.63, 3.8) is 0 Å². The van der Waals surface area contributed by atoms with Crippen LogP contribution in [0.1, 0.15) is 24.0 Å². The fourth-order valence-corrected chi connectivity index (χ4v) is 3.83. The van der Waals surface area contributed by atoms with Crippen molar-refractivity contribution >= 4 is 29.1 Å². The monoisotopic (exact) mass is 420 g/mol. The zero-order valence-corrected chi connectivity index (χ0v) is 17.6. The fraction of sp³-hybridized carbons (Fsp3) is 0.409. The molecular weight excluding hydrogens is 395 g/mol. The highest BCUT2D eigenvalue weighted by atomic mass is 35.5. The van der Waals surface area contributed by atoms with Crippen molar-refractivity contribution in [1.29, 1.82) is 0 Å². The molecular formula is C22H26Cl2N2O2. The van der Waals surface area contributed by atoms with Gasteiger partial charge in [0.15, 0.2) is 0 Å². The Kier molecular flexibility index (Phi) is 7.60. The molecule has 2 aromatic rings. The van der Waals surface area contributed by atoms with Crippen molar-refractivity contribution in [1.82, 2.24) is 10.2 Å². The van der Waals surface area contributed by atoms with Gasteiger partial charge in [-0.3, -0.25) is 9.69 Å². The molecule has 0 atom stereocenters. The molecule has 2 aromatic carbocycles. The molecule has 3 rings (SSSR count). The summed E-state index contributed by atoms with van der Waals surface area (Å²) >= 11 is 12.2. The van der Waals surface area contributed by atoms with E-state index in [4.69, 9.17) is 27.9 Å². The molecule has 1 fully saturated rings. The maximum atomic E-state index is 12.4. The van der Waals surface area contributed by atoms with E-state index in [1.807, 2.05) is 43.3 Å². The van der Waals surface area contributed by atoms with Crippen LogP contribution >= 0.6 is 23.2 Å². The molecule has 28 heavy (non-hydrogen) atoms. The molecule has 0 radical (unpaired) electrons. The number of hydrogen-bond donors (Lipinski definition) is 1. The van der Waals surface area contributed by atoms with Gasteiger partial charge in [0.1, 0.15) is 12.4 Å². The number of rotatable bonds is 7. The summed E-state index contributed by atoms with van der Waals surface area (Å²) in [6.45, 7) is 5.60. The number of ether oxygens (including phenoxy) is 1. The highest BCUT2D eigenvalue weighted by Crippen LogP contribution is 2.25. The van der Waals surface area contributed by atoms with E-state index >= 15 is 0 Å². The van der Waals surface area contributed by atoms with E-state index in [9.17, 15) is 4.79 Å². The van der Waals surface area contributed by atoms with Gasteiger partial charge in [-0.25, -0.2) is 0 Å². The second-order valence-electron chi connectivity index (χ2n) is 7.24. The first kappa shape index (κ1) is 21.0. The third kappa shape index (κ3) is 6.13. The van der Waals surface area contributed by atoms with Crippen LogP contribution in [0.3, 0.4) is 0 Å². The molecule has 0 spiro atoms. The second-order valence-corrected chi connectivity index (χ2v) is 8.08. The maximum absolute atomic E-state index is 12.4. The van der Waals surface area contributed by atoms with Gasteiger partial charge in [0.2, 0.25) is 5.91 Å². The van der Waals surface area contributed by atoms with E-state index in [-0.39, 0.29) is 11.8 Å². The predicted molar refractivity (Wildman–Crippen MR) is 114 cm³/mol. The van der Waals surface area contributed by atoms with Crippen LogP contribution in [0.4, 0.5) is 0 Å². The minimum atomic E-state index is 0.0660. The summed E-state index contributed by atoms with van der Waals surface area (Å²) in [4.78, 5) is 14.7. The number of likely N-dealkylation sites (tertiary alicyclic amines) is 1. The van der Waals surface area contributed by atoms with Gasteiger partial charge in [0, 0.05) is 22.5 Å². The van der Waals surface area contributed by atoms with Crippen LogP contribution in [0, 0.1) is 12.8 Å². The van der Waals surface area contributed by atoms with Gasteiger partial charge in [-0.15, -0.1) is 0 Å². The van der Waals surface area contributed by atoms with Crippen LogP contribution in [0.25, 0.3) is 0 Å². The molecule has 1 aliphatic rings. The SMILES string of the molecule is Cc1ccc(OCCNC(=O)C2CCN(Cc3ccc(Cl)cc3Cl)CC2)cc1. The molecule has 1 saturated heterocycles. The average molecular weight is 421 g/mol. The van der Waals surface area contributed by atoms with Gasteiger partial charge >= 0.3 is 0 Å². The Bertz CT molecular complexity index is 788. The second kappa shape index (κ2) is 10.1. The zero-order valence-electron chi connectivity index (χ0n) is 16.1. The summed E-state index contributed by atoms with van der Waals surface area (Å²) in [6.07, 6.45) is 1.71. The number of carbonyl (C=O) groups excluding carboxylic acids is 1. The van der Waals surface area contributed by atoms with Gasteiger partial charge in [-0.2, -0.15) is 0 Å². The minimum Gasteiger partial charge on any atom is -0.492 e. The van der Waals surface area contributed by atoms with Crippen LogP contribution in [0.5, 0.6) is 5.75 Å². The van der Waals surface area contributed by atoms with E-state index in [2.05, 4.69) is 10.2 Å². The zero-order chi connectivity index (χ0) is 19.9. The van der Waals surface area contributed by atoms with Crippen LogP contribution in [0.2, 0.25) is 10.0 Å². The number of nitrogens with one attached hydrogen (secondary N) is 1. The summed E-state index contributed by atoms with van der Waals surface area (Å²) in [5.74, 6) is 1.02. The fourth-order valence-electron chi connectivity index (χ4n) is 3.37. The van der Waals surface area contributed by atoms with Crippen molar-refractivity contribution in [3.8, 4) is 5.75 Å². The van der Waals surface area contributed by atoms with Gasteiger partial charge < -0.3 is 10.1 Å². The van der Waals surface area contributed by atoms with Crippen LogP contribution < -0.4 is 10.1 Å². The lowest BCUT2D eigenvalue weighted by Crippen LogP contribution is -2.41. The van der Waals surface area contributed by atoms with Gasteiger partial charge in [-0.05, 0) is 62.7 Å². The first-order valence-corrected chi connectivity index (χ1v) is 10.4. The van der Waals surface area contributed by atoms with Crippen molar-refractivity contribution in [3.05, 3.63) is 63.6 Å². The highest BCUT2D eigenvalue weighted by molar-refractivity contribution is 6.35. The summed E-state index contributed by atoms with van der Waals surface area (Å²) in [6, 6.07) is 13.5. The van der Waals surface area contributed by atoms with Crippen molar-refractivity contribution in [2.45, 2.75) is 26.3 Å². The van der Waals surface area contributed by atoms with Gasteiger partial charge in [-0.1, -0.05) is 47.0 Å². The van der Waals surface area contributed by atoms with Crippen molar-refractivity contribution in [2.24, 2.45) is 5.92 Å². The normalized spacial score (nSPS) is 15.4. The molecule has 1 heterocycles. The number of benzene rings is 2. The first-order chi connectivity index (χ1) is 13.5. The molecule has 0 aliphatic carbocycles. The lowest BCUT2D eigenvalue weighted by atomic mass is 9.95. The van der Waals surface area contributed by atoms with Gasteiger partial charge in [0.05, 0.1) is 6.54 Å². The standard InChI is InChI=1S/C22H26Cl2N2O2/c1-16-2-6-20(7-3-16)28-13-10-25-22(27)17-8-11-26(12-9-17)15-18-4-5-19(23)14-21(18)24/h2-7,14,17H,8-13,15H2,1H3,(H,25,27). The topological polar surface area (TPSA) is 41.6 Å². The Labute approximate surface area is 176 Å². The quantitative estimate of drug-likeness (QED) is 0.659. The number of hydrogen-bond acceptors (Lipinski definition) is 3. The lowest BCUT2D eigenvalue weighted by Gasteiger charge is -2.31. The Balaban J connectivity index is 1.36. The molecule has 1 amide bonds. The third-order valence-electron chi connectivity index (χ3n) is 5.06. The van der Waals surface area contributed by atoms with Crippen LogP contribution in [-0.2, 0) is 11.3 Å². The minimum absolute atomic E-state index is 0.0660. The smallest absolute Gasteiger partial charge is 0.223 e. The van der Waals surface area contributed by atoms with Crippen LogP contribution in [-0.4, -0.2) is 37.0 Å². The Hall–Kier alpha value is -1.75. The molecule has 6 heteroatoms.